The van der Waals surface area contributed by atoms with Crippen LogP contribution in [0.25, 0.3) is 0 Å². The molecule has 0 bridgehead atoms. The van der Waals surface area contributed by atoms with Crippen molar-refractivity contribution in [3.05, 3.63) is 89.9 Å². The maximum atomic E-state index is 13.6. The lowest BCUT2D eigenvalue weighted by molar-refractivity contribution is -0.115. The van der Waals surface area contributed by atoms with Gasteiger partial charge in [-0.1, -0.05) is 48.5 Å². The Balaban J connectivity index is 1.62. The number of pyridine rings is 1. The number of nitrogens with one attached hydrogen (secondary N) is 1. The molecule has 0 saturated heterocycles. The molecule has 0 aliphatic carbocycles. The smallest absolute Gasteiger partial charge is 0.230 e. The molecular weight excluding hydrogens is 341 g/mol. The predicted octanol–water partition coefficient (Wildman–Crippen LogP) is 4.43. The van der Waals surface area contributed by atoms with Crippen LogP contribution in [0, 0.1) is 5.82 Å². The quantitative estimate of drug-likeness (QED) is 0.675. The molecule has 0 spiro atoms. The van der Waals surface area contributed by atoms with E-state index in [0.717, 1.165) is 18.8 Å². The van der Waals surface area contributed by atoms with Crippen molar-refractivity contribution in [2.75, 3.05) is 16.8 Å². The van der Waals surface area contributed by atoms with Gasteiger partial charge in [-0.2, -0.15) is 0 Å². The summed E-state index contributed by atoms with van der Waals surface area (Å²) in [6.45, 7) is 3.72. The fraction of sp³-hybridized carbons (Fsp3) is 0.182. The van der Waals surface area contributed by atoms with Crippen LogP contribution in [0.4, 0.5) is 15.9 Å². The Hall–Kier alpha value is -3.21. The van der Waals surface area contributed by atoms with E-state index in [2.05, 4.69) is 34.3 Å². The van der Waals surface area contributed by atoms with Gasteiger partial charge < -0.3 is 10.2 Å². The summed E-state index contributed by atoms with van der Waals surface area (Å²) < 4.78 is 13.6. The largest absolute Gasteiger partial charge is 0.366 e. The van der Waals surface area contributed by atoms with E-state index < -0.39 is 0 Å². The third-order valence-corrected chi connectivity index (χ3v) is 4.29. The zero-order valence-electron chi connectivity index (χ0n) is 15.2. The van der Waals surface area contributed by atoms with E-state index in [-0.39, 0.29) is 18.1 Å². The average molecular weight is 363 g/mol. The van der Waals surface area contributed by atoms with E-state index in [1.54, 1.807) is 30.5 Å². The lowest BCUT2D eigenvalue weighted by Crippen LogP contribution is -2.22. The van der Waals surface area contributed by atoms with Crippen LogP contribution >= 0.6 is 0 Å². The molecule has 3 rings (SSSR count). The maximum Gasteiger partial charge on any atom is 0.230 e. The van der Waals surface area contributed by atoms with Crippen LogP contribution in [0.1, 0.15) is 18.1 Å². The highest BCUT2D eigenvalue weighted by Gasteiger charge is 2.10. The Morgan fingerprint density at radius 2 is 1.78 bits per heavy atom. The minimum Gasteiger partial charge on any atom is -0.366 e. The number of hydrogen-bond acceptors (Lipinski definition) is 3. The van der Waals surface area contributed by atoms with Gasteiger partial charge in [0.1, 0.15) is 11.6 Å². The monoisotopic (exact) mass is 363 g/mol. The third-order valence-electron chi connectivity index (χ3n) is 4.29. The van der Waals surface area contributed by atoms with Crippen LogP contribution in [-0.4, -0.2) is 17.4 Å². The summed E-state index contributed by atoms with van der Waals surface area (Å²) in [5, 5.41) is 2.72. The Morgan fingerprint density at radius 1 is 1.04 bits per heavy atom. The predicted molar refractivity (Wildman–Crippen MR) is 106 cm³/mol. The molecule has 3 aromatic rings. The van der Waals surface area contributed by atoms with Crippen LogP contribution in [0.5, 0.6) is 0 Å². The van der Waals surface area contributed by atoms with Gasteiger partial charge in [-0.3, -0.25) is 4.79 Å². The number of carbonyl (C=O) groups excluding carboxylic acids is 1. The molecule has 0 aliphatic heterocycles. The number of anilines is 2. The summed E-state index contributed by atoms with van der Waals surface area (Å²) >= 11 is 0. The first-order valence-corrected chi connectivity index (χ1v) is 8.94. The van der Waals surface area contributed by atoms with Crippen LogP contribution in [-0.2, 0) is 17.8 Å². The average Bonchev–Trinajstić information content (AvgIpc) is 2.69. The number of amides is 1. The standard InChI is InChI=1S/C22H22FN3O/c1-2-26(16-17-8-4-3-5-9-17)19-12-13-21(24-15-19)25-22(27)14-18-10-6-7-11-20(18)23/h3-13,15H,2,14,16H2,1H3,(H,24,25,27). The van der Waals surface area contributed by atoms with Crippen LogP contribution in [0.3, 0.4) is 0 Å². The molecule has 4 nitrogen and oxygen atoms in total. The van der Waals surface area contributed by atoms with Gasteiger partial charge >= 0.3 is 0 Å². The summed E-state index contributed by atoms with van der Waals surface area (Å²) in [6.07, 6.45) is 1.72. The second-order valence-corrected chi connectivity index (χ2v) is 6.22. The Labute approximate surface area is 158 Å². The molecule has 1 heterocycles. The molecule has 2 aromatic carbocycles. The molecule has 0 radical (unpaired) electrons. The summed E-state index contributed by atoms with van der Waals surface area (Å²) in [6, 6.07) is 20.2. The van der Waals surface area contributed by atoms with Gasteiger partial charge in [0.25, 0.3) is 0 Å². The number of nitrogens with zero attached hydrogens (tertiary/aromatic N) is 2. The summed E-state index contributed by atoms with van der Waals surface area (Å²) in [5.74, 6) is -0.219. The van der Waals surface area contributed by atoms with Gasteiger partial charge in [-0.05, 0) is 36.2 Å². The third kappa shape index (κ3) is 5.14. The molecule has 27 heavy (non-hydrogen) atoms. The Kier molecular flexibility index (Phi) is 6.15. The van der Waals surface area contributed by atoms with E-state index in [9.17, 15) is 9.18 Å². The minimum atomic E-state index is -0.379. The normalized spacial score (nSPS) is 10.4. The fourth-order valence-electron chi connectivity index (χ4n) is 2.84. The SMILES string of the molecule is CCN(Cc1ccccc1)c1ccc(NC(=O)Cc2ccccc2F)nc1. The molecule has 5 heteroatoms. The molecule has 0 unspecified atom stereocenters. The van der Waals surface area contributed by atoms with E-state index in [0.29, 0.717) is 11.4 Å². The van der Waals surface area contributed by atoms with Gasteiger partial charge in [-0.25, -0.2) is 9.37 Å². The Bertz CT molecular complexity index is 882. The highest BCUT2D eigenvalue weighted by Crippen LogP contribution is 2.18. The van der Waals surface area contributed by atoms with Gasteiger partial charge in [-0.15, -0.1) is 0 Å². The molecular formula is C22H22FN3O. The first-order valence-electron chi connectivity index (χ1n) is 8.94. The number of rotatable bonds is 7. The zero-order valence-corrected chi connectivity index (χ0v) is 15.2. The molecule has 138 valence electrons. The van der Waals surface area contributed by atoms with Gasteiger partial charge in [0.15, 0.2) is 0 Å². The number of hydrogen-bond donors (Lipinski definition) is 1. The fourth-order valence-corrected chi connectivity index (χ4v) is 2.84. The van der Waals surface area contributed by atoms with E-state index in [1.165, 1.54) is 11.6 Å². The molecule has 0 atom stereocenters. The van der Waals surface area contributed by atoms with Crippen molar-refractivity contribution in [1.82, 2.24) is 4.98 Å². The number of benzene rings is 2. The van der Waals surface area contributed by atoms with E-state index in [1.807, 2.05) is 24.3 Å². The first kappa shape index (κ1) is 18.6. The van der Waals surface area contributed by atoms with Crippen molar-refractivity contribution >= 4 is 17.4 Å². The molecule has 0 fully saturated rings. The number of aromatic nitrogens is 1. The Morgan fingerprint density at radius 3 is 2.44 bits per heavy atom. The van der Waals surface area contributed by atoms with E-state index in [4.69, 9.17) is 0 Å². The van der Waals surface area contributed by atoms with Crippen molar-refractivity contribution in [3.8, 4) is 0 Å². The summed E-state index contributed by atoms with van der Waals surface area (Å²) in [7, 11) is 0. The summed E-state index contributed by atoms with van der Waals surface area (Å²) in [4.78, 5) is 18.6. The first-order chi connectivity index (χ1) is 13.2. The highest BCUT2D eigenvalue weighted by atomic mass is 19.1. The highest BCUT2D eigenvalue weighted by molar-refractivity contribution is 5.91. The van der Waals surface area contributed by atoms with Crippen molar-refractivity contribution in [1.29, 1.82) is 0 Å². The van der Waals surface area contributed by atoms with Gasteiger partial charge in [0.05, 0.1) is 18.3 Å². The topological polar surface area (TPSA) is 45.2 Å². The molecule has 1 amide bonds. The second-order valence-electron chi connectivity index (χ2n) is 6.22. The minimum absolute atomic E-state index is 0.0226. The number of halogens is 1. The number of carbonyl (C=O) groups is 1. The van der Waals surface area contributed by atoms with Gasteiger partial charge in [0, 0.05) is 13.1 Å². The lowest BCUT2D eigenvalue weighted by atomic mass is 10.1. The molecule has 1 aromatic heterocycles. The van der Waals surface area contributed by atoms with Crippen LogP contribution < -0.4 is 10.2 Å². The zero-order chi connectivity index (χ0) is 19.1. The van der Waals surface area contributed by atoms with E-state index >= 15 is 0 Å². The van der Waals surface area contributed by atoms with Crippen molar-refractivity contribution < 1.29 is 9.18 Å². The lowest BCUT2D eigenvalue weighted by Gasteiger charge is -2.23. The maximum absolute atomic E-state index is 13.6. The molecule has 0 aliphatic rings. The second kappa shape index (κ2) is 8.94. The summed E-state index contributed by atoms with van der Waals surface area (Å²) in [5.41, 5.74) is 2.57. The van der Waals surface area contributed by atoms with Crippen molar-refractivity contribution in [2.45, 2.75) is 19.9 Å². The molecule has 0 saturated carbocycles. The van der Waals surface area contributed by atoms with Gasteiger partial charge in [0.2, 0.25) is 5.91 Å². The van der Waals surface area contributed by atoms with Crippen molar-refractivity contribution in [2.24, 2.45) is 0 Å². The molecule has 1 N–H and O–H groups in total. The van der Waals surface area contributed by atoms with Crippen molar-refractivity contribution in [3.63, 3.8) is 0 Å². The van der Waals surface area contributed by atoms with Crippen LogP contribution in [0.15, 0.2) is 72.9 Å². The van der Waals surface area contributed by atoms with Crippen LogP contribution in [0.2, 0.25) is 0 Å².